The van der Waals surface area contributed by atoms with Crippen LogP contribution in [0.5, 0.6) is 5.75 Å². The van der Waals surface area contributed by atoms with Crippen molar-refractivity contribution in [2.75, 3.05) is 6.61 Å². The van der Waals surface area contributed by atoms with E-state index in [9.17, 15) is 0 Å². The van der Waals surface area contributed by atoms with Crippen LogP contribution in [-0.2, 0) is 0 Å². The van der Waals surface area contributed by atoms with Crippen molar-refractivity contribution in [1.29, 1.82) is 0 Å². The van der Waals surface area contributed by atoms with E-state index < -0.39 is 0 Å². The van der Waals surface area contributed by atoms with Crippen molar-refractivity contribution in [2.45, 2.75) is 6.42 Å². The van der Waals surface area contributed by atoms with Gasteiger partial charge in [0.25, 0.3) is 0 Å². The molecule has 0 spiro atoms. The van der Waals surface area contributed by atoms with Gasteiger partial charge in [-0.2, -0.15) is 0 Å². The Hall–Kier alpha value is -1.01. The Morgan fingerprint density at radius 1 is 1.67 bits per heavy atom. The van der Waals surface area contributed by atoms with Crippen molar-refractivity contribution in [3.63, 3.8) is 0 Å². The summed E-state index contributed by atoms with van der Waals surface area (Å²) in [7, 11) is 0. The molecule has 0 aliphatic rings. The second kappa shape index (κ2) is 4.78. The van der Waals surface area contributed by atoms with Crippen LogP contribution in [0.15, 0.2) is 22.9 Å². The molecule has 0 fully saturated rings. The highest BCUT2D eigenvalue weighted by Crippen LogP contribution is 2.22. The molecule has 0 aromatic carbocycles. The zero-order valence-electron chi connectivity index (χ0n) is 6.46. The summed E-state index contributed by atoms with van der Waals surface area (Å²) < 4.78 is 6.20. The van der Waals surface area contributed by atoms with Crippen molar-refractivity contribution in [3.8, 4) is 18.1 Å². The third kappa shape index (κ3) is 2.55. The third-order valence-electron chi connectivity index (χ3n) is 1.24. The van der Waals surface area contributed by atoms with Crippen LogP contribution in [0.2, 0.25) is 0 Å². The van der Waals surface area contributed by atoms with Crippen molar-refractivity contribution in [2.24, 2.45) is 0 Å². The Labute approximate surface area is 80.1 Å². The van der Waals surface area contributed by atoms with Gasteiger partial charge in [0.2, 0.25) is 0 Å². The van der Waals surface area contributed by atoms with Gasteiger partial charge in [-0.3, -0.25) is 4.98 Å². The second-order valence-corrected chi connectivity index (χ2v) is 2.96. The molecule has 0 atom stereocenters. The molecule has 62 valence electrons. The highest BCUT2D eigenvalue weighted by molar-refractivity contribution is 9.10. The SMILES string of the molecule is C#CCCOc1ccncc1Br. The van der Waals surface area contributed by atoms with Crippen molar-refractivity contribution < 1.29 is 4.74 Å². The predicted molar refractivity (Wildman–Crippen MR) is 50.9 cm³/mol. The molecule has 1 rings (SSSR count). The van der Waals surface area contributed by atoms with Crippen LogP contribution in [0.4, 0.5) is 0 Å². The number of aromatic nitrogens is 1. The fourth-order valence-electron chi connectivity index (χ4n) is 0.699. The lowest BCUT2D eigenvalue weighted by Crippen LogP contribution is -1.96. The Morgan fingerprint density at radius 3 is 3.17 bits per heavy atom. The van der Waals surface area contributed by atoms with Gasteiger partial charge in [-0.25, -0.2) is 0 Å². The third-order valence-corrected chi connectivity index (χ3v) is 1.83. The van der Waals surface area contributed by atoms with Crippen LogP contribution >= 0.6 is 15.9 Å². The molecule has 2 nitrogen and oxygen atoms in total. The van der Waals surface area contributed by atoms with Gasteiger partial charge in [-0.1, -0.05) is 0 Å². The van der Waals surface area contributed by atoms with Crippen molar-refractivity contribution in [1.82, 2.24) is 4.98 Å². The molecule has 1 aromatic rings. The van der Waals surface area contributed by atoms with Crippen molar-refractivity contribution in [3.05, 3.63) is 22.9 Å². The minimum Gasteiger partial charge on any atom is -0.491 e. The number of halogens is 1. The predicted octanol–water partition coefficient (Wildman–Crippen LogP) is 2.25. The normalized spacial score (nSPS) is 9.00. The monoisotopic (exact) mass is 225 g/mol. The van der Waals surface area contributed by atoms with E-state index in [2.05, 4.69) is 26.8 Å². The minimum absolute atomic E-state index is 0.541. The van der Waals surface area contributed by atoms with E-state index in [4.69, 9.17) is 11.2 Å². The first-order chi connectivity index (χ1) is 5.84. The average molecular weight is 226 g/mol. The molecule has 0 aliphatic heterocycles. The molecule has 12 heavy (non-hydrogen) atoms. The topological polar surface area (TPSA) is 22.1 Å². The summed E-state index contributed by atoms with van der Waals surface area (Å²) in [5, 5.41) is 0. The summed E-state index contributed by atoms with van der Waals surface area (Å²) in [6.07, 6.45) is 9.06. The van der Waals surface area contributed by atoms with E-state index in [0.717, 1.165) is 10.2 Å². The maximum Gasteiger partial charge on any atom is 0.136 e. The molecule has 1 heterocycles. The lowest BCUT2D eigenvalue weighted by atomic mass is 10.4. The van der Waals surface area contributed by atoms with Crippen LogP contribution in [0.3, 0.4) is 0 Å². The Kier molecular flexibility index (Phi) is 3.62. The highest BCUT2D eigenvalue weighted by Gasteiger charge is 1.97. The number of ether oxygens (including phenoxy) is 1. The number of pyridine rings is 1. The van der Waals surface area contributed by atoms with Gasteiger partial charge >= 0.3 is 0 Å². The van der Waals surface area contributed by atoms with Gasteiger partial charge in [0.1, 0.15) is 5.75 Å². The summed E-state index contributed by atoms with van der Waals surface area (Å²) in [4.78, 5) is 3.91. The molecular formula is C9H8BrNO. The average Bonchev–Trinajstić information content (AvgIpc) is 2.09. The molecule has 0 saturated heterocycles. The molecule has 0 bridgehead atoms. The van der Waals surface area contributed by atoms with Gasteiger partial charge in [-0.05, 0) is 22.0 Å². The molecule has 0 N–H and O–H groups in total. The summed E-state index contributed by atoms with van der Waals surface area (Å²) in [6.45, 7) is 0.541. The van der Waals surface area contributed by atoms with E-state index >= 15 is 0 Å². The number of rotatable bonds is 3. The van der Waals surface area contributed by atoms with Crippen LogP contribution in [0.25, 0.3) is 0 Å². The number of hydrogen-bond donors (Lipinski definition) is 0. The maximum atomic E-state index is 5.35. The van der Waals surface area contributed by atoms with Gasteiger partial charge in [0, 0.05) is 18.8 Å². The summed E-state index contributed by atoms with van der Waals surface area (Å²) in [6, 6.07) is 1.79. The molecular weight excluding hydrogens is 218 g/mol. The van der Waals surface area contributed by atoms with Gasteiger partial charge in [0.15, 0.2) is 0 Å². The molecule has 0 unspecified atom stereocenters. The first-order valence-corrected chi connectivity index (χ1v) is 4.29. The van der Waals surface area contributed by atoms with E-state index in [1.54, 1.807) is 18.5 Å². The fraction of sp³-hybridized carbons (Fsp3) is 0.222. The van der Waals surface area contributed by atoms with Gasteiger partial charge in [-0.15, -0.1) is 12.3 Å². The molecule has 0 radical (unpaired) electrons. The van der Waals surface area contributed by atoms with Gasteiger partial charge < -0.3 is 4.74 Å². The van der Waals surface area contributed by atoms with Crippen LogP contribution in [0.1, 0.15) is 6.42 Å². The fourth-order valence-corrected chi connectivity index (χ4v) is 1.06. The zero-order chi connectivity index (χ0) is 8.81. The van der Waals surface area contributed by atoms with Gasteiger partial charge in [0.05, 0.1) is 11.1 Å². The summed E-state index contributed by atoms with van der Waals surface area (Å²) in [5.41, 5.74) is 0. The highest BCUT2D eigenvalue weighted by atomic mass is 79.9. The number of terminal acetylenes is 1. The number of nitrogens with zero attached hydrogens (tertiary/aromatic N) is 1. The maximum absolute atomic E-state index is 5.35. The van der Waals surface area contributed by atoms with Crippen LogP contribution in [0, 0.1) is 12.3 Å². The zero-order valence-corrected chi connectivity index (χ0v) is 8.04. The summed E-state index contributed by atoms with van der Waals surface area (Å²) in [5.74, 6) is 3.28. The smallest absolute Gasteiger partial charge is 0.136 e. The Balaban J connectivity index is 2.53. The lowest BCUT2D eigenvalue weighted by molar-refractivity contribution is 0.325. The summed E-state index contributed by atoms with van der Waals surface area (Å²) >= 11 is 3.31. The molecule has 0 saturated carbocycles. The first-order valence-electron chi connectivity index (χ1n) is 3.50. The van der Waals surface area contributed by atoms with E-state index in [-0.39, 0.29) is 0 Å². The standard InChI is InChI=1S/C9H8BrNO/c1-2-3-6-12-9-4-5-11-7-8(9)10/h1,4-5,7H,3,6H2. The quantitative estimate of drug-likeness (QED) is 0.582. The molecule has 0 aliphatic carbocycles. The lowest BCUT2D eigenvalue weighted by Gasteiger charge is -2.04. The van der Waals surface area contributed by atoms with Crippen molar-refractivity contribution >= 4 is 15.9 Å². The van der Waals surface area contributed by atoms with Crippen LogP contribution in [-0.4, -0.2) is 11.6 Å². The van der Waals surface area contributed by atoms with E-state index in [1.165, 1.54) is 0 Å². The van der Waals surface area contributed by atoms with E-state index in [1.807, 2.05) is 0 Å². The molecule has 1 aromatic heterocycles. The van der Waals surface area contributed by atoms with Crippen LogP contribution < -0.4 is 4.74 Å². The molecule has 0 amide bonds. The largest absolute Gasteiger partial charge is 0.491 e. The minimum atomic E-state index is 0.541. The number of hydrogen-bond acceptors (Lipinski definition) is 2. The molecule has 3 heteroatoms. The second-order valence-electron chi connectivity index (χ2n) is 2.11. The first kappa shape index (κ1) is 9.08. The Bertz CT molecular complexity index is 293. The van der Waals surface area contributed by atoms with E-state index in [0.29, 0.717) is 13.0 Å². The Morgan fingerprint density at radius 2 is 2.50 bits per heavy atom.